The molecule has 0 fully saturated rings. The Morgan fingerprint density at radius 2 is 1.94 bits per heavy atom. The Bertz CT molecular complexity index is 810. The SMILES string of the molecule is c1ccc2c(c1)[se]c1c3cc[nH]c3ncc21. The van der Waals surface area contributed by atoms with Gasteiger partial charge in [-0.05, 0) is 0 Å². The van der Waals surface area contributed by atoms with Crippen LogP contribution in [0.2, 0.25) is 0 Å². The number of hydrogen-bond donors (Lipinski definition) is 1. The maximum atomic E-state index is 4.47. The fourth-order valence-corrected chi connectivity index (χ4v) is 4.69. The average molecular weight is 271 g/mol. The molecule has 1 aromatic carbocycles. The molecule has 0 saturated heterocycles. The summed E-state index contributed by atoms with van der Waals surface area (Å²) in [5.41, 5.74) is 1.01. The van der Waals surface area contributed by atoms with Crippen molar-refractivity contribution in [2.45, 2.75) is 0 Å². The van der Waals surface area contributed by atoms with Crippen LogP contribution in [0.25, 0.3) is 30.3 Å². The molecule has 0 aliphatic rings. The van der Waals surface area contributed by atoms with Crippen LogP contribution in [0.4, 0.5) is 0 Å². The van der Waals surface area contributed by atoms with E-state index in [0.717, 1.165) is 5.65 Å². The van der Waals surface area contributed by atoms with Gasteiger partial charge in [0.2, 0.25) is 0 Å². The summed E-state index contributed by atoms with van der Waals surface area (Å²) in [7, 11) is 0. The van der Waals surface area contributed by atoms with Gasteiger partial charge in [-0.1, -0.05) is 0 Å². The monoisotopic (exact) mass is 272 g/mol. The molecule has 0 unspecified atom stereocenters. The Morgan fingerprint density at radius 3 is 2.94 bits per heavy atom. The predicted octanol–water partition coefficient (Wildman–Crippen LogP) is 2.93. The molecule has 0 spiro atoms. The number of H-pyrrole nitrogens is 1. The van der Waals surface area contributed by atoms with Crippen LogP contribution in [0.3, 0.4) is 0 Å². The third-order valence-corrected chi connectivity index (χ3v) is 5.49. The number of aromatic nitrogens is 2. The van der Waals surface area contributed by atoms with Crippen molar-refractivity contribution in [3.8, 4) is 0 Å². The molecule has 4 rings (SSSR count). The van der Waals surface area contributed by atoms with Gasteiger partial charge in [-0.2, -0.15) is 0 Å². The van der Waals surface area contributed by atoms with E-state index in [1.165, 1.54) is 24.7 Å². The quantitative estimate of drug-likeness (QED) is 0.489. The summed E-state index contributed by atoms with van der Waals surface area (Å²) in [5, 5.41) is 3.98. The second-order valence-electron chi connectivity index (χ2n) is 3.84. The van der Waals surface area contributed by atoms with Crippen LogP contribution in [0.1, 0.15) is 0 Å². The fourth-order valence-electron chi connectivity index (χ4n) is 2.17. The topological polar surface area (TPSA) is 28.7 Å². The minimum absolute atomic E-state index is 0.426. The van der Waals surface area contributed by atoms with E-state index in [4.69, 9.17) is 0 Å². The number of hydrogen-bond acceptors (Lipinski definition) is 1. The van der Waals surface area contributed by atoms with Crippen molar-refractivity contribution in [1.82, 2.24) is 9.97 Å². The number of aromatic amines is 1. The summed E-state index contributed by atoms with van der Waals surface area (Å²) in [4.78, 5) is 7.64. The Kier molecular flexibility index (Phi) is 1.59. The maximum absolute atomic E-state index is 4.47. The van der Waals surface area contributed by atoms with Gasteiger partial charge in [-0.3, -0.25) is 0 Å². The van der Waals surface area contributed by atoms with E-state index in [1.54, 1.807) is 0 Å². The molecule has 1 N–H and O–H groups in total. The number of nitrogens with one attached hydrogen (secondary N) is 1. The molecule has 3 aromatic heterocycles. The van der Waals surface area contributed by atoms with Gasteiger partial charge in [0.05, 0.1) is 0 Å². The van der Waals surface area contributed by atoms with Crippen molar-refractivity contribution in [2.75, 3.05) is 0 Å². The Labute approximate surface area is 97.7 Å². The van der Waals surface area contributed by atoms with Crippen molar-refractivity contribution in [2.24, 2.45) is 0 Å². The first kappa shape index (κ1) is 8.57. The summed E-state index contributed by atoms with van der Waals surface area (Å²) < 4.78 is 2.94. The molecule has 4 aromatic rings. The Hall–Kier alpha value is -1.57. The van der Waals surface area contributed by atoms with Crippen LogP contribution in [-0.2, 0) is 0 Å². The summed E-state index contributed by atoms with van der Waals surface area (Å²) in [6.45, 7) is 0. The molecule has 3 heteroatoms. The third kappa shape index (κ3) is 0.993. The molecule has 0 radical (unpaired) electrons. The van der Waals surface area contributed by atoms with Crippen LogP contribution in [-0.4, -0.2) is 24.5 Å². The van der Waals surface area contributed by atoms with E-state index < -0.39 is 0 Å². The second kappa shape index (κ2) is 2.97. The zero-order valence-electron chi connectivity index (χ0n) is 8.40. The first-order chi connectivity index (χ1) is 7.93. The minimum atomic E-state index is 0.426. The van der Waals surface area contributed by atoms with Gasteiger partial charge in [0.15, 0.2) is 0 Å². The van der Waals surface area contributed by atoms with Crippen molar-refractivity contribution < 1.29 is 0 Å². The normalized spacial score (nSPS) is 11.8. The van der Waals surface area contributed by atoms with Crippen LogP contribution in [0.5, 0.6) is 0 Å². The Balaban J connectivity index is 2.38. The molecular formula is C13H8N2Se. The zero-order chi connectivity index (χ0) is 10.5. The molecule has 16 heavy (non-hydrogen) atoms. The third-order valence-electron chi connectivity index (χ3n) is 2.93. The molecular weight excluding hydrogens is 263 g/mol. The van der Waals surface area contributed by atoms with Gasteiger partial charge in [0.1, 0.15) is 0 Å². The molecule has 0 bridgehead atoms. The molecule has 3 heterocycles. The van der Waals surface area contributed by atoms with E-state index in [0.29, 0.717) is 14.5 Å². The van der Waals surface area contributed by atoms with Crippen molar-refractivity contribution in [3.63, 3.8) is 0 Å². The number of rotatable bonds is 0. The first-order valence-corrected chi connectivity index (χ1v) is 6.88. The summed E-state index contributed by atoms with van der Waals surface area (Å²) in [6, 6.07) is 10.8. The van der Waals surface area contributed by atoms with Gasteiger partial charge >= 0.3 is 97.5 Å². The van der Waals surface area contributed by atoms with E-state index in [-0.39, 0.29) is 0 Å². The molecule has 0 amide bonds. The molecule has 76 valence electrons. The average Bonchev–Trinajstić information content (AvgIpc) is 2.92. The van der Waals surface area contributed by atoms with Crippen LogP contribution in [0.15, 0.2) is 42.7 Å². The predicted molar refractivity (Wildman–Crippen MR) is 68.0 cm³/mol. The molecule has 0 saturated carbocycles. The van der Waals surface area contributed by atoms with E-state index in [9.17, 15) is 0 Å². The number of nitrogens with zero attached hydrogens (tertiary/aromatic N) is 1. The fraction of sp³-hybridized carbons (Fsp3) is 0. The standard InChI is InChI=1S/C13H8N2Se/c1-2-4-11-8(3-1)10-7-15-13-9(5-6-14-13)12(10)16-11/h1-7H,(H,14,15). The van der Waals surface area contributed by atoms with Crippen LogP contribution in [0, 0.1) is 0 Å². The molecule has 0 atom stereocenters. The van der Waals surface area contributed by atoms with Crippen molar-refractivity contribution >= 4 is 44.8 Å². The number of pyridine rings is 1. The van der Waals surface area contributed by atoms with Crippen molar-refractivity contribution in [3.05, 3.63) is 42.7 Å². The first-order valence-electron chi connectivity index (χ1n) is 5.17. The van der Waals surface area contributed by atoms with Crippen molar-refractivity contribution in [1.29, 1.82) is 0 Å². The van der Waals surface area contributed by atoms with Gasteiger partial charge < -0.3 is 0 Å². The summed E-state index contributed by atoms with van der Waals surface area (Å²) in [5.74, 6) is 0. The molecule has 0 aliphatic carbocycles. The number of benzene rings is 1. The van der Waals surface area contributed by atoms with Crippen LogP contribution >= 0.6 is 0 Å². The van der Waals surface area contributed by atoms with Gasteiger partial charge in [-0.25, -0.2) is 0 Å². The van der Waals surface area contributed by atoms with E-state index in [2.05, 4.69) is 40.3 Å². The van der Waals surface area contributed by atoms with Crippen LogP contribution < -0.4 is 0 Å². The Morgan fingerprint density at radius 1 is 1.00 bits per heavy atom. The summed E-state index contributed by atoms with van der Waals surface area (Å²) >= 11 is 0.426. The van der Waals surface area contributed by atoms with Gasteiger partial charge in [0.25, 0.3) is 0 Å². The van der Waals surface area contributed by atoms with Gasteiger partial charge in [-0.15, -0.1) is 0 Å². The zero-order valence-corrected chi connectivity index (χ0v) is 10.1. The van der Waals surface area contributed by atoms with E-state index in [1.807, 2.05) is 12.4 Å². The van der Waals surface area contributed by atoms with Gasteiger partial charge in [0, 0.05) is 0 Å². The number of fused-ring (bicyclic) bond motifs is 5. The van der Waals surface area contributed by atoms with E-state index >= 15 is 0 Å². The second-order valence-corrected chi connectivity index (χ2v) is 6.05. The summed E-state index contributed by atoms with van der Waals surface area (Å²) in [6.07, 6.45) is 3.97. The molecule has 0 aliphatic heterocycles. The molecule has 2 nitrogen and oxygen atoms in total.